The minimum Gasteiger partial charge on any atom is -0.488 e. The van der Waals surface area contributed by atoms with Crippen LogP contribution in [0.2, 0.25) is 0 Å². The SMILES string of the molecule is CCn1cc(C(=O)N(C)[C@@H]2CC[C@@H](Oc3ccccc3)[C@@H]2O)c(C)n1. The van der Waals surface area contributed by atoms with Crippen molar-refractivity contribution in [2.45, 2.75) is 51.5 Å². The molecule has 6 heteroatoms. The highest BCUT2D eigenvalue weighted by molar-refractivity contribution is 5.95. The van der Waals surface area contributed by atoms with Crippen LogP contribution in [-0.2, 0) is 6.54 Å². The maximum Gasteiger partial charge on any atom is 0.257 e. The van der Waals surface area contributed by atoms with Gasteiger partial charge in [-0.15, -0.1) is 0 Å². The summed E-state index contributed by atoms with van der Waals surface area (Å²) in [6, 6.07) is 9.21. The lowest BCUT2D eigenvalue weighted by atomic mass is 10.1. The largest absolute Gasteiger partial charge is 0.488 e. The molecule has 0 aliphatic heterocycles. The van der Waals surface area contributed by atoms with Gasteiger partial charge < -0.3 is 14.7 Å². The molecule has 0 spiro atoms. The van der Waals surface area contributed by atoms with Gasteiger partial charge in [0.05, 0.1) is 17.3 Å². The van der Waals surface area contributed by atoms with E-state index in [0.29, 0.717) is 24.1 Å². The first-order chi connectivity index (χ1) is 12.0. The first-order valence-corrected chi connectivity index (χ1v) is 8.72. The number of aliphatic hydroxyl groups is 1. The number of hydrogen-bond acceptors (Lipinski definition) is 4. The average Bonchev–Trinajstić information content (AvgIpc) is 3.18. The molecule has 25 heavy (non-hydrogen) atoms. The van der Waals surface area contributed by atoms with Gasteiger partial charge in [0.2, 0.25) is 0 Å². The molecular formula is C19H25N3O3. The number of carbonyl (C=O) groups excluding carboxylic acids is 1. The standard InChI is InChI=1S/C19H25N3O3/c1-4-22-12-15(13(2)20-22)19(24)21(3)16-10-11-17(18(16)23)25-14-8-6-5-7-9-14/h5-9,12,16-18,23H,4,10-11H2,1-3H3/t16-,17-,18-/m1/s1. The minimum absolute atomic E-state index is 0.110. The number of nitrogens with zero attached hydrogens (tertiary/aromatic N) is 3. The number of hydrogen-bond donors (Lipinski definition) is 1. The topological polar surface area (TPSA) is 67.6 Å². The Kier molecular flexibility index (Phi) is 5.08. The molecule has 3 rings (SSSR count). The Hall–Kier alpha value is -2.34. The van der Waals surface area contributed by atoms with Crippen molar-refractivity contribution < 1.29 is 14.6 Å². The molecule has 3 atom stereocenters. The predicted molar refractivity (Wildman–Crippen MR) is 94.6 cm³/mol. The van der Waals surface area contributed by atoms with Crippen LogP contribution in [0.15, 0.2) is 36.5 Å². The summed E-state index contributed by atoms with van der Waals surface area (Å²) in [6.07, 6.45) is 2.18. The van der Waals surface area contributed by atoms with Crippen LogP contribution < -0.4 is 4.74 Å². The second-order valence-electron chi connectivity index (χ2n) is 6.50. The van der Waals surface area contributed by atoms with Gasteiger partial charge in [0.25, 0.3) is 5.91 Å². The molecule has 134 valence electrons. The molecule has 1 aliphatic carbocycles. The van der Waals surface area contributed by atoms with Gasteiger partial charge in [0.15, 0.2) is 0 Å². The highest BCUT2D eigenvalue weighted by Crippen LogP contribution is 2.29. The predicted octanol–water partition coefficient (Wildman–Crippen LogP) is 2.25. The highest BCUT2D eigenvalue weighted by atomic mass is 16.5. The molecule has 1 aliphatic rings. The fourth-order valence-electron chi connectivity index (χ4n) is 3.38. The maximum absolute atomic E-state index is 12.8. The Morgan fingerprint density at radius 2 is 2.08 bits per heavy atom. The lowest BCUT2D eigenvalue weighted by Gasteiger charge is -2.28. The Bertz CT molecular complexity index is 729. The van der Waals surface area contributed by atoms with E-state index < -0.39 is 6.10 Å². The number of amides is 1. The van der Waals surface area contributed by atoms with Gasteiger partial charge in [-0.25, -0.2) is 0 Å². The van der Waals surface area contributed by atoms with Gasteiger partial charge in [0.1, 0.15) is 18.0 Å². The summed E-state index contributed by atoms with van der Waals surface area (Å²) in [5, 5.41) is 15.0. The molecule has 1 heterocycles. The summed E-state index contributed by atoms with van der Waals surface area (Å²) in [7, 11) is 1.74. The molecule has 6 nitrogen and oxygen atoms in total. The van der Waals surface area contributed by atoms with Gasteiger partial charge >= 0.3 is 0 Å². The number of aromatic nitrogens is 2. The van der Waals surface area contributed by atoms with Gasteiger partial charge in [-0.3, -0.25) is 9.48 Å². The molecule has 1 N–H and O–H groups in total. The van der Waals surface area contributed by atoms with Crippen molar-refractivity contribution in [1.82, 2.24) is 14.7 Å². The lowest BCUT2D eigenvalue weighted by Crippen LogP contribution is -2.45. The molecule has 1 fully saturated rings. The van der Waals surface area contributed by atoms with E-state index in [9.17, 15) is 9.90 Å². The van der Waals surface area contributed by atoms with E-state index in [4.69, 9.17) is 4.74 Å². The van der Waals surface area contributed by atoms with Gasteiger partial charge in [-0.1, -0.05) is 18.2 Å². The minimum atomic E-state index is -0.712. The fourth-order valence-corrected chi connectivity index (χ4v) is 3.38. The summed E-state index contributed by atoms with van der Waals surface area (Å²) in [5.41, 5.74) is 1.30. The van der Waals surface area contributed by atoms with Crippen molar-refractivity contribution in [1.29, 1.82) is 0 Å². The fraction of sp³-hybridized carbons (Fsp3) is 0.474. The normalized spacial score (nSPS) is 22.8. The number of aliphatic hydroxyl groups excluding tert-OH is 1. The van der Waals surface area contributed by atoms with E-state index in [0.717, 1.165) is 12.3 Å². The van der Waals surface area contributed by atoms with Crippen molar-refractivity contribution in [3.63, 3.8) is 0 Å². The number of para-hydroxylation sites is 1. The zero-order valence-corrected chi connectivity index (χ0v) is 14.9. The van der Waals surface area contributed by atoms with Crippen molar-refractivity contribution in [2.24, 2.45) is 0 Å². The first kappa shape index (κ1) is 17.5. The zero-order valence-electron chi connectivity index (χ0n) is 14.9. The Morgan fingerprint density at radius 3 is 2.72 bits per heavy atom. The number of carbonyl (C=O) groups is 1. The molecule has 0 bridgehead atoms. The van der Waals surface area contributed by atoms with E-state index in [-0.39, 0.29) is 18.1 Å². The Morgan fingerprint density at radius 1 is 1.36 bits per heavy atom. The number of aryl methyl sites for hydroxylation is 2. The third-order valence-corrected chi connectivity index (χ3v) is 4.87. The first-order valence-electron chi connectivity index (χ1n) is 8.72. The number of likely N-dealkylation sites (N-methyl/N-ethyl adjacent to an activating group) is 1. The van der Waals surface area contributed by atoms with Crippen LogP contribution in [0.4, 0.5) is 0 Å². The smallest absolute Gasteiger partial charge is 0.257 e. The van der Waals surface area contributed by atoms with Crippen molar-refractivity contribution in [3.8, 4) is 5.75 Å². The second kappa shape index (κ2) is 7.27. The molecule has 0 unspecified atom stereocenters. The van der Waals surface area contributed by atoms with E-state index in [1.807, 2.05) is 44.2 Å². The number of rotatable bonds is 5. The van der Waals surface area contributed by atoms with Gasteiger partial charge in [0, 0.05) is 19.8 Å². The summed E-state index contributed by atoms with van der Waals surface area (Å²) < 4.78 is 7.65. The molecule has 1 aromatic heterocycles. The summed E-state index contributed by atoms with van der Waals surface area (Å²) >= 11 is 0. The highest BCUT2D eigenvalue weighted by Gasteiger charge is 2.40. The van der Waals surface area contributed by atoms with E-state index in [1.165, 1.54) is 0 Å². The van der Waals surface area contributed by atoms with Crippen LogP contribution in [0, 0.1) is 6.92 Å². The van der Waals surface area contributed by atoms with Crippen LogP contribution in [0.5, 0.6) is 5.75 Å². The summed E-state index contributed by atoms with van der Waals surface area (Å²) in [4.78, 5) is 14.4. The molecule has 0 radical (unpaired) electrons. The zero-order chi connectivity index (χ0) is 18.0. The molecular weight excluding hydrogens is 318 g/mol. The van der Waals surface area contributed by atoms with Crippen LogP contribution in [0.1, 0.15) is 35.8 Å². The van der Waals surface area contributed by atoms with Crippen molar-refractivity contribution in [2.75, 3.05) is 7.05 Å². The number of ether oxygens (including phenoxy) is 1. The summed E-state index contributed by atoms with van der Waals surface area (Å²) in [6.45, 7) is 4.53. The van der Waals surface area contributed by atoms with Crippen LogP contribution in [0.3, 0.4) is 0 Å². The van der Waals surface area contributed by atoms with Crippen LogP contribution in [0.25, 0.3) is 0 Å². The van der Waals surface area contributed by atoms with Crippen LogP contribution >= 0.6 is 0 Å². The van der Waals surface area contributed by atoms with Gasteiger partial charge in [-0.05, 0) is 38.8 Å². The number of benzene rings is 1. The van der Waals surface area contributed by atoms with Crippen molar-refractivity contribution >= 4 is 5.91 Å². The molecule has 1 saturated carbocycles. The molecule has 0 saturated heterocycles. The molecule has 1 amide bonds. The lowest BCUT2D eigenvalue weighted by molar-refractivity contribution is 0.0166. The van der Waals surface area contributed by atoms with E-state index in [1.54, 1.807) is 22.8 Å². The Labute approximate surface area is 148 Å². The van der Waals surface area contributed by atoms with Gasteiger partial charge in [-0.2, -0.15) is 5.10 Å². The van der Waals surface area contributed by atoms with Crippen molar-refractivity contribution in [3.05, 3.63) is 47.8 Å². The monoisotopic (exact) mass is 343 g/mol. The van der Waals surface area contributed by atoms with E-state index >= 15 is 0 Å². The quantitative estimate of drug-likeness (QED) is 0.904. The molecule has 1 aromatic carbocycles. The third kappa shape index (κ3) is 3.54. The van der Waals surface area contributed by atoms with E-state index in [2.05, 4.69) is 5.10 Å². The average molecular weight is 343 g/mol. The summed E-state index contributed by atoms with van der Waals surface area (Å²) in [5.74, 6) is 0.628. The van der Waals surface area contributed by atoms with Crippen LogP contribution in [-0.4, -0.2) is 51.0 Å². The third-order valence-electron chi connectivity index (χ3n) is 4.87. The molecule has 2 aromatic rings. The maximum atomic E-state index is 12.8. The Balaban J connectivity index is 1.69. The second-order valence-corrected chi connectivity index (χ2v) is 6.50.